The summed E-state index contributed by atoms with van der Waals surface area (Å²) in [4.78, 5) is 0. The van der Waals surface area contributed by atoms with E-state index in [-0.39, 0.29) is 7.43 Å². The second-order valence-corrected chi connectivity index (χ2v) is 4.34. The van der Waals surface area contributed by atoms with Gasteiger partial charge in [0.2, 0.25) is 0 Å². The lowest BCUT2D eigenvalue weighted by Crippen LogP contribution is -2.34. The van der Waals surface area contributed by atoms with Crippen LogP contribution in [0.3, 0.4) is 0 Å². The molecule has 0 spiro atoms. The molecule has 0 amide bonds. The average molecular weight is 191 g/mol. The van der Waals surface area contributed by atoms with Crippen LogP contribution >= 0.6 is 0 Å². The zero-order chi connectivity index (χ0) is 10.1. The molecule has 0 saturated heterocycles. The van der Waals surface area contributed by atoms with Crippen molar-refractivity contribution in [1.82, 2.24) is 4.48 Å². The molecule has 0 aromatic heterocycles. The number of quaternary nitrogens is 1. The Morgan fingerprint density at radius 3 is 1.79 bits per heavy atom. The van der Waals surface area contributed by atoms with Crippen LogP contribution in [0.25, 0.3) is 5.57 Å². The van der Waals surface area contributed by atoms with E-state index in [2.05, 4.69) is 52.0 Å². The maximum atomic E-state index is 3.91. The summed E-state index contributed by atoms with van der Waals surface area (Å²) in [5.41, 5.74) is 3.65. The first kappa shape index (κ1) is 12.9. The van der Waals surface area contributed by atoms with Gasteiger partial charge in [-0.25, -0.2) is 0 Å². The fraction of sp³-hybridized carbons (Fsp3) is 0.308. The van der Waals surface area contributed by atoms with Gasteiger partial charge in [0, 0.05) is 0 Å². The molecule has 1 aromatic carbocycles. The van der Waals surface area contributed by atoms with E-state index in [1.807, 2.05) is 6.92 Å². The molecule has 0 radical (unpaired) electrons. The molecule has 0 saturated carbocycles. The Hall–Kier alpha value is -1.08. The van der Waals surface area contributed by atoms with Gasteiger partial charge in [-0.05, 0) is 36.8 Å². The predicted octanol–water partition coefficient (Wildman–Crippen LogP) is 3.37. The molecular weight excluding hydrogens is 170 g/mol. The van der Waals surface area contributed by atoms with Gasteiger partial charge < -0.3 is 7.43 Å². The normalized spacial score (nSPS) is 10.6. The number of hydrogen-bond acceptors (Lipinski definition) is 0. The first-order valence-corrected chi connectivity index (χ1v) is 4.49. The summed E-state index contributed by atoms with van der Waals surface area (Å²) in [6.07, 6.45) is 0. The molecule has 1 rings (SSSR count). The summed E-state index contributed by atoms with van der Waals surface area (Å²) in [7, 11) is 6.49. The standard InChI is InChI=1S/C12H18N.CH3/c1-10(2)11-6-8-12(9-7-11)13(3,4)5;/h6-9H,1H2,2-5H3;1H3/q+1;-1. The molecule has 0 aliphatic rings. The van der Waals surface area contributed by atoms with Gasteiger partial charge in [-0.3, -0.25) is 4.48 Å². The quantitative estimate of drug-likeness (QED) is 0.496. The Kier molecular flexibility index (Phi) is 4.08. The molecule has 78 valence electrons. The van der Waals surface area contributed by atoms with Crippen LogP contribution in [-0.4, -0.2) is 21.1 Å². The van der Waals surface area contributed by atoms with Crippen LogP contribution in [0.1, 0.15) is 12.5 Å². The van der Waals surface area contributed by atoms with Crippen molar-refractivity contribution in [2.45, 2.75) is 6.92 Å². The number of hydrogen-bond donors (Lipinski definition) is 0. The van der Waals surface area contributed by atoms with E-state index < -0.39 is 0 Å². The fourth-order valence-corrected chi connectivity index (χ4v) is 1.19. The smallest absolute Gasteiger partial charge is 0.132 e. The first-order chi connectivity index (χ1) is 5.91. The molecular formula is C13H21N. The third-order valence-electron chi connectivity index (χ3n) is 2.13. The van der Waals surface area contributed by atoms with Gasteiger partial charge in [-0.1, -0.05) is 12.2 Å². The summed E-state index contributed by atoms with van der Waals surface area (Å²) in [6, 6.07) is 8.57. The zero-order valence-electron chi connectivity index (χ0n) is 9.96. The van der Waals surface area contributed by atoms with Gasteiger partial charge in [-0.2, -0.15) is 0 Å². The Bertz CT molecular complexity index is 301. The van der Waals surface area contributed by atoms with Crippen LogP contribution in [0, 0.1) is 7.43 Å². The van der Waals surface area contributed by atoms with Gasteiger partial charge in [0.25, 0.3) is 0 Å². The van der Waals surface area contributed by atoms with Crippen LogP contribution in [0.5, 0.6) is 0 Å². The number of nitrogens with zero attached hydrogens (tertiary/aromatic N) is 1. The van der Waals surface area contributed by atoms with E-state index in [1.54, 1.807) is 0 Å². The summed E-state index contributed by atoms with van der Waals surface area (Å²) >= 11 is 0. The van der Waals surface area contributed by atoms with Crippen molar-refractivity contribution in [3.8, 4) is 0 Å². The van der Waals surface area contributed by atoms with Gasteiger partial charge in [0.05, 0.1) is 21.1 Å². The van der Waals surface area contributed by atoms with Crippen molar-refractivity contribution in [2.75, 3.05) is 21.1 Å². The highest BCUT2D eigenvalue weighted by Gasteiger charge is 2.10. The maximum absolute atomic E-state index is 3.91. The SMILES string of the molecule is C=C(C)c1ccc([N+](C)(C)C)cc1.[CH3-]. The molecule has 0 N–H and O–H groups in total. The monoisotopic (exact) mass is 191 g/mol. The molecule has 0 atom stereocenters. The average Bonchev–Trinajstić information content (AvgIpc) is 2.03. The molecule has 0 aliphatic carbocycles. The van der Waals surface area contributed by atoms with Gasteiger partial charge >= 0.3 is 0 Å². The highest BCUT2D eigenvalue weighted by Crippen LogP contribution is 2.20. The van der Waals surface area contributed by atoms with Crippen LogP contribution in [-0.2, 0) is 0 Å². The van der Waals surface area contributed by atoms with Crippen molar-refractivity contribution in [3.05, 3.63) is 43.8 Å². The molecule has 1 heteroatoms. The number of rotatable bonds is 2. The molecule has 1 nitrogen and oxygen atoms in total. The minimum atomic E-state index is 0. The predicted molar refractivity (Wildman–Crippen MR) is 67.1 cm³/mol. The second kappa shape index (κ2) is 4.43. The van der Waals surface area contributed by atoms with Crippen molar-refractivity contribution in [2.24, 2.45) is 0 Å². The Labute approximate surface area is 88.3 Å². The van der Waals surface area contributed by atoms with Crippen molar-refractivity contribution in [3.63, 3.8) is 0 Å². The summed E-state index contributed by atoms with van der Waals surface area (Å²) in [6.45, 7) is 5.94. The highest BCUT2D eigenvalue weighted by molar-refractivity contribution is 5.63. The first-order valence-electron chi connectivity index (χ1n) is 4.49. The van der Waals surface area contributed by atoms with E-state index in [4.69, 9.17) is 0 Å². The Morgan fingerprint density at radius 2 is 1.50 bits per heavy atom. The molecule has 0 bridgehead atoms. The van der Waals surface area contributed by atoms with Gasteiger partial charge in [-0.15, -0.1) is 0 Å². The number of benzene rings is 1. The van der Waals surface area contributed by atoms with Crippen molar-refractivity contribution in [1.29, 1.82) is 0 Å². The van der Waals surface area contributed by atoms with Gasteiger partial charge in [0.15, 0.2) is 0 Å². The van der Waals surface area contributed by atoms with E-state index >= 15 is 0 Å². The van der Waals surface area contributed by atoms with E-state index in [0.29, 0.717) is 0 Å². The zero-order valence-corrected chi connectivity index (χ0v) is 9.96. The van der Waals surface area contributed by atoms with Crippen LogP contribution in [0.15, 0.2) is 30.8 Å². The van der Waals surface area contributed by atoms with E-state index in [1.165, 1.54) is 11.3 Å². The molecule has 0 fully saturated rings. The third-order valence-corrected chi connectivity index (χ3v) is 2.13. The van der Waals surface area contributed by atoms with E-state index in [9.17, 15) is 0 Å². The molecule has 0 unspecified atom stereocenters. The van der Waals surface area contributed by atoms with Crippen molar-refractivity contribution >= 4 is 11.3 Å². The van der Waals surface area contributed by atoms with Crippen LogP contribution < -0.4 is 4.48 Å². The van der Waals surface area contributed by atoms with E-state index in [0.717, 1.165) is 10.1 Å². The molecule has 0 aliphatic heterocycles. The minimum Gasteiger partial charge on any atom is -0.358 e. The lowest BCUT2D eigenvalue weighted by Gasteiger charge is -2.23. The molecule has 0 heterocycles. The lowest BCUT2D eigenvalue weighted by molar-refractivity contribution is 0.486. The summed E-state index contributed by atoms with van der Waals surface area (Å²) in [5, 5.41) is 0. The van der Waals surface area contributed by atoms with Gasteiger partial charge in [0.1, 0.15) is 5.69 Å². The lowest BCUT2D eigenvalue weighted by atomic mass is 10.1. The largest absolute Gasteiger partial charge is 0.358 e. The molecule has 1 aromatic rings. The van der Waals surface area contributed by atoms with Crippen LogP contribution in [0.2, 0.25) is 0 Å². The molecule has 14 heavy (non-hydrogen) atoms. The third kappa shape index (κ3) is 3.00. The Balaban J connectivity index is 0.00000169. The maximum Gasteiger partial charge on any atom is 0.132 e. The Morgan fingerprint density at radius 1 is 1.07 bits per heavy atom. The highest BCUT2D eigenvalue weighted by atomic mass is 15.3. The van der Waals surface area contributed by atoms with Crippen molar-refractivity contribution < 1.29 is 0 Å². The van der Waals surface area contributed by atoms with Crippen LogP contribution in [0.4, 0.5) is 5.69 Å². The minimum absolute atomic E-state index is 0. The number of allylic oxidation sites excluding steroid dienone is 1. The summed E-state index contributed by atoms with van der Waals surface area (Å²) in [5.74, 6) is 0. The topological polar surface area (TPSA) is 0 Å². The second-order valence-electron chi connectivity index (χ2n) is 4.34. The summed E-state index contributed by atoms with van der Waals surface area (Å²) < 4.78 is 0.858. The fourth-order valence-electron chi connectivity index (χ4n) is 1.19.